The molecule has 0 amide bonds. The zero-order chi connectivity index (χ0) is 10.4. The third-order valence-electron chi connectivity index (χ3n) is 2.39. The van der Waals surface area contributed by atoms with E-state index in [4.69, 9.17) is 0 Å². The molecule has 0 saturated carbocycles. The van der Waals surface area contributed by atoms with Crippen molar-refractivity contribution in [3.8, 4) is 0 Å². The zero-order valence-corrected chi connectivity index (χ0v) is 10.0. The first-order valence-corrected chi connectivity index (χ1v) is 6.12. The lowest BCUT2D eigenvalue weighted by molar-refractivity contribution is 0.630. The second-order valence-corrected chi connectivity index (χ2v) is 5.38. The minimum Gasteiger partial charge on any atom is -0.207 e. The van der Waals surface area contributed by atoms with Gasteiger partial charge in [0.05, 0.1) is 0 Å². The molecule has 74 valence electrons. The van der Waals surface area contributed by atoms with Crippen molar-refractivity contribution in [1.82, 2.24) is 0 Å². The molecule has 0 aliphatic heterocycles. The van der Waals surface area contributed by atoms with Crippen LogP contribution in [0.4, 0.5) is 4.39 Å². The summed E-state index contributed by atoms with van der Waals surface area (Å²) in [5, 5.41) is 2.11. The van der Waals surface area contributed by atoms with Gasteiger partial charge in [-0.15, -0.1) is 11.3 Å². The van der Waals surface area contributed by atoms with Crippen LogP contribution in [0.2, 0.25) is 0 Å². The standard InChI is InChI=1S/C12H6BrFS/c13-7-1-3-11-9(5-7)10-6-8(14)2-4-12(10)15-11/h1-6H. The molecule has 1 aromatic heterocycles. The number of fused-ring (bicyclic) bond motifs is 3. The molecule has 1 heterocycles. The highest BCUT2D eigenvalue weighted by molar-refractivity contribution is 9.10. The van der Waals surface area contributed by atoms with E-state index in [9.17, 15) is 4.39 Å². The second-order valence-electron chi connectivity index (χ2n) is 3.38. The third-order valence-corrected chi connectivity index (χ3v) is 4.04. The number of hydrogen-bond acceptors (Lipinski definition) is 1. The van der Waals surface area contributed by atoms with Gasteiger partial charge in [-0.2, -0.15) is 0 Å². The maximum absolute atomic E-state index is 13.1. The molecule has 0 aliphatic rings. The summed E-state index contributed by atoms with van der Waals surface area (Å²) < 4.78 is 16.5. The van der Waals surface area contributed by atoms with Crippen molar-refractivity contribution in [2.75, 3.05) is 0 Å². The number of thiophene rings is 1. The lowest BCUT2D eigenvalue weighted by atomic mass is 10.1. The predicted octanol–water partition coefficient (Wildman–Crippen LogP) is 4.96. The third kappa shape index (κ3) is 1.46. The van der Waals surface area contributed by atoms with Crippen molar-refractivity contribution in [3.05, 3.63) is 46.7 Å². The highest BCUT2D eigenvalue weighted by atomic mass is 79.9. The minimum atomic E-state index is -0.179. The summed E-state index contributed by atoms with van der Waals surface area (Å²) in [6.45, 7) is 0. The first-order valence-electron chi connectivity index (χ1n) is 4.51. The maximum Gasteiger partial charge on any atom is 0.123 e. The lowest BCUT2D eigenvalue weighted by Crippen LogP contribution is -1.71. The van der Waals surface area contributed by atoms with Crippen molar-refractivity contribution in [3.63, 3.8) is 0 Å². The van der Waals surface area contributed by atoms with Crippen LogP contribution in [0.1, 0.15) is 0 Å². The molecule has 0 spiro atoms. The number of rotatable bonds is 0. The Kier molecular flexibility index (Phi) is 2.04. The monoisotopic (exact) mass is 280 g/mol. The van der Waals surface area contributed by atoms with Gasteiger partial charge in [0.1, 0.15) is 5.82 Å². The van der Waals surface area contributed by atoms with Crippen molar-refractivity contribution >= 4 is 47.4 Å². The fourth-order valence-corrected chi connectivity index (χ4v) is 3.15. The van der Waals surface area contributed by atoms with Gasteiger partial charge in [-0.25, -0.2) is 4.39 Å². The lowest BCUT2D eigenvalue weighted by Gasteiger charge is -1.93. The topological polar surface area (TPSA) is 0 Å². The second kappa shape index (κ2) is 3.29. The number of hydrogen-bond donors (Lipinski definition) is 0. The van der Waals surface area contributed by atoms with Crippen molar-refractivity contribution in [1.29, 1.82) is 0 Å². The minimum absolute atomic E-state index is 0.179. The van der Waals surface area contributed by atoms with Gasteiger partial charge in [0, 0.05) is 24.6 Å². The predicted molar refractivity (Wildman–Crippen MR) is 67.0 cm³/mol. The van der Waals surface area contributed by atoms with Crippen LogP contribution in [0.5, 0.6) is 0 Å². The van der Waals surface area contributed by atoms with Crippen LogP contribution in [0.25, 0.3) is 20.2 Å². The maximum atomic E-state index is 13.1. The Morgan fingerprint density at radius 1 is 0.933 bits per heavy atom. The van der Waals surface area contributed by atoms with Gasteiger partial charge in [0.25, 0.3) is 0 Å². The molecule has 0 saturated heterocycles. The Labute approximate surface area is 98.5 Å². The molecule has 15 heavy (non-hydrogen) atoms. The Hall–Kier alpha value is -0.930. The van der Waals surface area contributed by atoms with Gasteiger partial charge < -0.3 is 0 Å². The number of benzene rings is 2. The normalized spacial score (nSPS) is 11.3. The van der Waals surface area contributed by atoms with Gasteiger partial charge in [0.15, 0.2) is 0 Å². The van der Waals surface area contributed by atoms with E-state index in [1.54, 1.807) is 17.4 Å². The SMILES string of the molecule is Fc1ccc2sc3ccc(Br)cc3c2c1. The Bertz CT molecular complexity index is 601. The first-order chi connectivity index (χ1) is 7.24. The fourth-order valence-electron chi connectivity index (χ4n) is 1.72. The molecule has 0 bridgehead atoms. The molecule has 3 rings (SSSR count). The molecule has 0 unspecified atom stereocenters. The summed E-state index contributed by atoms with van der Waals surface area (Å²) in [7, 11) is 0. The van der Waals surface area contributed by atoms with Crippen molar-refractivity contribution < 1.29 is 4.39 Å². The number of halogens is 2. The molecule has 0 aliphatic carbocycles. The van der Waals surface area contributed by atoms with E-state index in [1.165, 1.54) is 10.8 Å². The van der Waals surface area contributed by atoms with Crippen LogP contribution in [0.3, 0.4) is 0 Å². The molecule has 3 aromatic rings. The van der Waals surface area contributed by atoms with Crippen LogP contribution in [-0.4, -0.2) is 0 Å². The summed E-state index contributed by atoms with van der Waals surface area (Å²) >= 11 is 5.12. The molecule has 0 atom stereocenters. The fraction of sp³-hybridized carbons (Fsp3) is 0. The average Bonchev–Trinajstić information content (AvgIpc) is 2.56. The average molecular weight is 281 g/mol. The Balaban J connectivity index is 2.55. The van der Waals surface area contributed by atoms with E-state index in [1.807, 2.05) is 18.2 Å². The molecular weight excluding hydrogens is 275 g/mol. The quantitative estimate of drug-likeness (QED) is 0.546. The summed E-state index contributed by atoms with van der Waals surface area (Å²) in [4.78, 5) is 0. The van der Waals surface area contributed by atoms with Gasteiger partial charge in [-0.3, -0.25) is 0 Å². The van der Waals surface area contributed by atoms with E-state index in [2.05, 4.69) is 22.0 Å². The van der Waals surface area contributed by atoms with E-state index >= 15 is 0 Å². The molecule has 3 heteroatoms. The van der Waals surface area contributed by atoms with Crippen LogP contribution in [0.15, 0.2) is 40.9 Å². The molecule has 2 aromatic carbocycles. The van der Waals surface area contributed by atoms with Crippen LogP contribution >= 0.6 is 27.3 Å². The summed E-state index contributed by atoms with van der Waals surface area (Å²) in [5.74, 6) is -0.179. The van der Waals surface area contributed by atoms with E-state index in [0.717, 1.165) is 19.9 Å². The van der Waals surface area contributed by atoms with Crippen LogP contribution < -0.4 is 0 Å². The van der Waals surface area contributed by atoms with Crippen LogP contribution in [-0.2, 0) is 0 Å². The Morgan fingerprint density at radius 3 is 2.40 bits per heavy atom. The zero-order valence-electron chi connectivity index (χ0n) is 7.63. The van der Waals surface area contributed by atoms with Gasteiger partial charge in [-0.1, -0.05) is 15.9 Å². The molecule has 0 radical (unpaired) electrons. The van der Waals surface area contributed by atoms with Gasteiger partial charge in [-0.05, 0) is 36.4 Å². The molecule has 0 fully saturated rings. The highest BCUT2D eigenvalue weighted by Gasteiger charge is 2.05. The summed E-state index contributed by atoms with van der Waals surface area (Å²) in [6.07, 6.45) is 0. The van der Waals surface area contributed by atoms with E-state index in [-0.39, 0.29) is 5.82 Å². The molecule has 0 N–H and O–H groups in total. The summed E-state index contributed by atoms with van der Waals surface area (Å²) in [6, 6.07) is 11.0. The van der Waals surface area contributed by atoms with Gasteiger partial charge >= 0.3 is 0 Å². The van der Waals surface area contributed by atoms with Crippen molar-refractivity contribution in [2.45, 2.75) is 0 Å². The van der Waals surface area contributed by atoms with E-state index < -0.39 is 0 Å². The van der Waals surface area contributed by atoms with Crippen molar-refractivity contribution in [2.24, 2.45) is 0 Å². The highest BCUT2D eigenvalue weighted by Crippen LogP contribution is 2.35. The first kappa shape index (κ1) is 9.31. The molecular formula is C12H6BrFS. The largest absolute Gasteiger partial charge is 0.207 e. The summed E-state index contributed by atoms with van der Waals surface area (Å²) in [5.41, 5.74) is 0. The molecule has 0 nitrogen and oxygen atoms in total. The Morgan fingerprint density at radius 2 is 1.60 bits per heavy atom. The smallest absolute Gasteiger partial charge is 0.123 e. The van der Waals surface area contributed by atoms with E-state index in [0.29, 0.717) is 0 Å². The van der Waals surface area contributed by atoms with Gasteiger partial charge in [0.2, 0.25) is 0 Å². The van der Waals surface area contributed by atoms with Crippen LogP contribution in [0, 0.1) is 5.82 Å².